The van der Waals surface area contributed by atoms with Crippen molar-refractivity contribution in [3.63, 3.8) is 0 Å². The highest BCUT2D eigenvalue weighted by Crippen LogP contribution is 2.35. The van der Waals surface area contributed by atoms with Crippen LogP contribution in [0, 0.1) is 5.92 Å². The molecule has 0 amide bonds. The molecule has 26 heavy (non-hydrogen) atoms. The molecule has 1 heterocycles. The van der Waals surface area contributed by atoms with Gasteiger partial charge in [-0.15, -0.1) is 0 Å². The van der Waals surface area contributed by atoms with Crippen LogP contribution in [0.2, 0.25) is 0 Å². The largest absolute Gasteiger partial charge is 0.359 e. The summed E-state index contributed by atoms with van der Waals surface area (Å²) < 4.78 is 5.40. The van der Waals surface area contributed by atoms with Crippen LogP contribution in [0.15, 0.2) is 15.6 Å². The van der Waals surface area contributed by atoms with Crippen molar-refractivity contribution in [3.8, 4) is 0 Å². The molecule has 1 saturated carbocycles. The van der Waals surface area contributed by atoms with Crippen LogP contribution >= 0.6 is 0 Å². The van der Waals surface area contributed by atoms with Gasteiger partial charge in [-0.3, -0.25) is 0 Å². The summed E-state index contributed by atoms with van der Waals surface area (Å²) in [6.45, 7) is 10.9. The summed E-state index contributed by atoms with van der Waals surface area (Å²) in [4.78, 5) is 7.09. The molecule has 6 heteroatoms. The SMILES string of the molecule is CCNC(=NCc1cc(C(C)C)no1)NCC1(N(C)C)CCCC(C)C1. The van der Waals surface area contributed by atoms with E-state index in [0.29, 0.717) is 12.5 Å². The lowest BCUT2D eigenvalue weighted by atomic mass is 9.75. The molecule has 0 radical (unpaired) electrons. The van der Waals surface area contributed by atoms with Crippen LogP contribution < -0.4 is 10.6 Å². The Morgan fingerprint density at radius 2 is 2.19 bits per heavy atom. The molecule has 2 rings (SSSR count). The molecule has 2 N–H and O–H groups in total. The third kappa shape index (κ3) is 5.47. The third-order valence-corrected chi connectivity index (χ3v) is 5.51. The number of nitrogens with zero attached hydrogens (tertiary/aromatic N) is 3. The molecule has 1 fully saturated rings. The van der Waals surface area contributed by atoms with Crippen LogP contribution in [0.4, 0.5) is 0 Å². The van der Waals surface area contributed by atoms with Gasteiger partial charge in [0.05, 0.1) is 5.69 Å². The van der Waals surface area contributed by atoms with Gasteiger partial charge in [-0.05, 0) is 45.7 Å². The molecule has 1 aromatic rings. The van der Waals surface area contributed by atoms with Crippen molar-refractivity contribution in [2.45, 2.75) is 71.4 Å². The predicted octanol–water partition coefficient (Wildman–Crippen LogP) is 3.36. The number of nitrogens with one attached hydrogen (secondary N) is 2. The van der Waals surface area contributed by atoms with E-state index in [1.54, 1.807) is 0 Å². The van der Waals surface area contributed by atoms with Gasteiger partial charge in [-0.1, -0.05) is 38.8 Å². The number of aromatic nitrogens is 1. The fraction of sp³-hybridized carbons (Fsp3) is 0.800. The molecule has 0 aromatic carbocycles. The maximum atomic E-state index is 5.40. The van der Waals surface area contributed by atoms with Gasteiger partial charge in [0.15, 0.2) is 11.7 Å². The topological polar surface area (TPSA) is 65.7 Å². The molecular weight excluding hydrogens is 326 g/mol. The first kappa shape index (κ1) is 20.7. The molecule has 2 atom stereocenters. The Bertz CT molecular complexity index is 581. The van der Waals surface area contributed by atoms with Crippen molar-refractivity contribution < 1.29 is 4.52 Å². The summed E-state index contributed by atoms with van der Waals surface area (Å²) in [5.74, 6) is 2.79. The van der Waals surface area contributed by atoms with Crippen LogP contribution in [0.1, 0.15) is 70.8 Å². The van der Waals surface area contributed by atoms with E-state index in [2.05, 4.69) is 62.5 Å². The van der Waals surface area contributed by atoms with E-state index in [1.807, 2.05) is 6.07 Å². The fourth-order valence-corrected chi connectivity index (χ4v) is 3.78. The minimum atomic E-state index is 0.199. The van der Waals surface area contributed by atoms with Crippen LogP contribution in [-0.4, -0.2) is 48.7 Å². The quantitative estimate of drug-likeness (QED) is 0.574. The van der Waals surface area contributed by atoms with E-state index in [0.717, 1.165) is 36.4 Å². The van der Waals surface area contributed by atoms with Crippen LogP contribution in [0.5, 0.6) is 0 Å². The fourth-order valence-electron chi connectivity index (χ4n) is 3.78. The molecule has 6 nitrogen and oxygen atoms in total. The molecule has 1 aromatic heterocycles. The number of likely N-dealkylation sites (N-methyl/N-ethyl adjacent to an activating group) is 1. The van der Waals surface area contributed by atoms with Crippen LogP contribution in [0.3, 0.4) is 0 Å². The molecule has 148 valence electrons. The first-order valence-electron chi connectivity index (χ1n) is 10.0. The van der Waals surface area contributed by atoms with E-state index >= 15 is 0 Å². The average molecular weight is 364 g/mol. The number of aliphatic imine (C=N–C) groups is 1. The summed E-state index contributed by atoms with van der Waals surface area (Å²) in [5, 5.41) is 11.0. The Balaban J connectivity index is 2.01. The summed E-state index contributed by atoms with van der Waals surface area (Å²) in [7, 11) is 4.40. The van der Waals surface area contributed by atoms with Gasteiger partial charge in [0.25, 0.3) is 0 Å². The zero-order valence-electron chi connectivity index (χ0n) is 17.4. The molecule has 1 aliphatic rings. The van der Waals surface area contributed by atoms with Gasteiger partial charge in [-0.2, -0.15) is 0 Å². The molecule has 0 spiro atoms. The van der Waals surface area contributed by atoms with E-state index < -0.39 is 0 Å². The summed E-state index contributed by atoms with van der Waals surface area (Å²) >= 11 is 0. The van der Waals surface area contributed by atoms with Crippen molar-refractivity contribution >= 4 is 5.96 Å². The molecule has 1 aliphatic carbocycles. The van der Waals surface area contributed by atoms with E-state index in [9.17, 15) is 0 Å². The lowest BCUT2D eigenvalue weighted by Gasteiger charge is -2.45. The van der Waals surface area contributed by atoms with Gasteiger partial charge in [0, 0.05) is 24.7 Å². The number of hydrogen-bond donors (Lipinski definition) is 2. The Hall–Kier alpha value is -1.56. The lowest BCUT2D eigenvalue weighted by Crippen LogP contribution is -2.56. The standard InChI is InChI=1S/C20H37N5O/c1-7-21-19(22-13-17-11-18(15(2)3)24-26-17)23-14-20(25(5)6)10-8-9-16(4)12-20/h11,15-16H,7-10,12-14H2,1-6H3,(H2,21,22,23). The second-order valence-electron chi connectivity index (χ2n) is 8.24. The first-order chi connectivity index (χ1) is 12.4. The minimum Gasteiger partial charge on any atom is -0.359 e. The average Bonchev–Trinajstić information content (AvgIpc) is 3.06. The minimum absolute atomic E-state index is 0.199. The zero-order valence-corrected chi connectivity index (χ0v) is 17.4. The lowest BCUT2D eigenvalue weighted by molar-refractivity contribution is 0.0795. The van der Waals surface area contributed by atoms with Crippen LogP contribution in [-0.2, 0) is 6.54 Å². The summed E-state index contributed by atoms with van der Waals surface area (Å²) in [6.07, 6.45) is 5.10. The van der Waals surface area contributed by atoms with Crippen molar-refractivity contribution in [1.82, 2.24) is 20.7 Å². The first-order valence-corrected chi connectivity index (χ1v) is 10.0. The van der Waals surface area contributed by atoms with Gasteiger partial charge < -0.3 is 20.1 Å². The molecular formula is C20H37N5O. The molecule has 0 aliphatic heterocycles. The third-order valence-electron chi connectivity index (χ3n) is 5.51. The molecule has 2 unspecified atom stereocenters. The van der Waals surface area contributed by atoms with E-state index in [4.69, 9.17) is 9.52 Å². The zero-order chi connectivity index (χ0) is 19.2. The van der Waals surface area contributed by atoms with Crippen molar-refractivity contribution in [2.75, 3.05) is 27.2 Å². The maximum absolute atomic E-state index is 5.40. The second-order valence-corrected chi connectivity index (χ2v) is 8.24. The number of guanidine groups is 1. The van der Waals surface area contributed by atoms with Crippen molar-refractivity contribution in [3.05, 3.63) is 17.5 Å². The Morgan fingerprint density at radius 1 is 1.42 bits per heavy atom. The molecule has 0 bridgehead atoms. The Labute approximate surface area is 158 Å². The van der Waals surface area contributed by atoms with Crippen LogP contribution in [0.25, 0.3) is 0 Å². The second kappa shape index (κ2) is 9.40. The van der Waals surface area contributed by atoms with E-state index in [-0.39, 0.29) is 5.54 Å². The van der Waals surface area contributed by atoms with E-state index in [1.165, 1.54) is 25.7 Å². The predicted molar refractivity (Wildman–Crippen MR) is 107 cm³/mol. The normalized spacial score (nSPS) is 24.3. The molecule has 0 saturated heterocycles. The smallest absolute Gasteiger partial charge is 0.191 e. The Morgan fingerprint density at radius 3 is 2.77 bits per heavy atom. The van der Waals surface area contributed by atoms with Gasteiger partial charge in [0.1, 0.15) is 6.54 Å². The summed E-state index contributed by atoms with van der Waals surface area (Å²) in [6, 6.07) is 2.00. The number of hydrogen-bond acceptors (Lipinski definition) is 4. The summed E-state index contributed by atoms with van der Waals surface area (Å²) in [5.41, 5.74) is 1.18. The highest BCUT2D eigenvalue weighted by molar-refractivity contribution is 5.79. The highest BCUT2D eigenvalue weighted by Gasteiger charge is 2.36. The Kier molecular flexibility index (Phi) is 7.50. The monoisotopic (exact) mass is 363 g/mol. The van der Waals surface area contributed by atoms with Crippen molar-refractivity contribution in [2.24, 2.45) is 10.9 Å². The van der Waals surface area contributed by atoms with Crippen molar-refractivity contribution in [1.29, 1.82) is 0 Å². The van der Waals surface area contributed by atoms with Gasteiger partial charge >= 0.3 is 0 Å². The van der Waals surface area contributed by atoms with Gasteiger partial charge in [0.2, 0.25) is 0 Å². The van der Waals surface area contributed by atoms with Gasteiger partial charge in [-0.25, -0.2) is 4.99 Å². The maximum Gasteiger partial charge on any atom is 0.191 e. The highest BCUT2D eigenvalue weighted by atomic mass is 16.5. The number of rotatable bonds is 7.